The van der Waals surface area contributed by atoms with Crippen molar-refractivity contribution in [3.63, 3.8) is 0 Å². The van der Waals surface area contributed by atoms with Gasteiger partial charge in [-0.15, -0.1) is 0 Å². The molecule has 5 nitrogen and oxygen atoms in total. The minimum Gasteiger partial charge on any atom is -0.463 e. The lowest BCUT2D eigenvalue weighted by atomic mass is 10.1. The predicted molar refractivity (Wildman–Crippen MR) is 99.3 cm³/mol. The van der Waals surface area contributed by atoms with E-state index in [0.29, 0.717) is 23.7 Å². The number of rotatable bonds is 5. The maximum atomic E-state index is 13.0. The minimum atomic E-state index is -0.293. The van der Waals surface area contributed by atoms with Crippen LogP contribution in [0.1, 0.15) is 16.1 Å². The smallest absolute Gasteiger partial charge is 0.267 e. The molecule has 0 radical (unpaired) electrons. The molecule has 1 aromatic carbocycles. The highest BCUT2D eigenvalue weighted by Crippen LogP contribution is 2.21. The number of hydrogen-bond donors (Lipinski definition) is 2. The van der Waals surface area contributed by atoms with E-state index in [4.69, 9.17) is 4.42 Å². The molecule has 0 aliphatic carbocycles. The molecule has 3 aromatic heterocycles. The number of furan rings is 1. The van der Waals surface area contributed by atoms with E-state index in [-0.39, 0.29) is 11.7 Å². The second-order valence-electron chi connectivity index (χ2n) is 6.02. The molecule has 0 saturated carbocycles. The van der Waals surface area contributed by atoms with Crippen LogP contribution in [0.25, 0.3) is 22.6 Å². The van der Waals surface area contributed by atoms with E-state index < -0.39 is 0 Å². The van der Waals surface area contributed by atoms with Crippen LogP contribution in [0.15, 0.2) is 77.7 Å². The first kappa shape index (κ1) is 16.8. The normalized spacial score (nSPS) is 10.7. The quantitative estimate of drug-likeness (QED) is 0.553. The summed E-state index contributed by atoms with van der Waals surface area (Å²) in [6, 6.07) is 15.2. The molecule has 4 aromatic rings. The van der Waals surface area contributed by atoms with Crippen LogP contribution < -0.4 is 5.32 Å². The van der Waals surface area contributed by atoms with Crippen LogP contribution in [0.5, 0.6) is 0 Å². The Balaban J connectivity index is 1.43. The van der Waals surface area contributed by atoms with E-state index >= 15 is 0 Å². The molecular formula is C21H16FN3O2. The van der Waals surface area contributed by atoms with Crippen molar-refractivity contribution in [1.29, 1.82) is 0 Å². The summed E-state index contributed by atoms with van der Waals surface area (Å²) in [5.41, 5.74) is 3.73. The Morgan fingerprint density at radius 1 is 1.11 bits per heavy atom. The molecule has 0 aliphatic rings. The second-order valence-corrected chi connectivity index (χ2v) is 6.02. The van der Waals surface area contributed by atoms with Gasteiger partial charge in [-0.2, -0.15) is 0 Å². The summed E-state index contributed by atoms with van der Waals surface area (Å²) in [7, 11) is 0. The van der Waals surface area contributed by atoms with E-state index in [1.165, 1.54) is 12.1 Å². The van der Waals surface area contributed by atoms with Gasteiger partial charge in [0.15, 0.2) is 5.76 Å². The first-order valence-electron chi connectivity index (χ1n) is 8.40. The van der Waals surface area contributed by atoms with Crippen molar-refractivity contribution in [3.05, 3.63) is 90.3 Å². The molecule has 0 unspecified atom stereocenters. The average Bonchev–Trinajstić information content (AvgIpc) is 3.39. The maximum Gasteiger partial charge on any atom is 0.267 e. The van der Waals surface area contributed by atoms with Crippen LogP contribution in [-0.2, 0) is 6.54 Å². The number of benzene rings is 1. The third-order valence-corrected chi connectivity index (χ3v) is 4.16. The molecule has 0 atom stereocenters. The fourth-order valence-corrected chi connectivity index (χ4v) is 2.76. The van der Waals surface area contributed by atoms with Gasteiger partial charge in [0.05, 0.1) is 6.26 Å². The first-order valence-corrected chi connectivity index (χ1v) is 8.40. The van der Waals surface area contributed by atoms with Gasteiger partial charge < -0.3 is 14.7 Å². The van der Waals surface area contributed by atoms with Gasteiger partial charge in [-0.05, 0) is 59.2 Å². The van der Waals surface area contributed by atoms with Gasteiger partial charge in [0, 0.05) is 18.9 Å². The van der Waals surface area contributed by atoms with E-state index in [9.17, 15) is 9.18 Å². The van der Waals surface area contributed by atoms with Gasteiger partial charge in [-0.3, -0.25) is 9.78 Å². The van der Waals surface area contributed by atoms with Crippen molar-refractivity contribution in [1.82, 2.24) is 15.3 Å². The molecule has 0 saturated heterocycles. The topological polar surface area (TPSA) is 70.9 Å². The zero-order valence-electron chi connectivity index (χ0n) is 14.3. The Morgan fingerprint density at radius 3 is 2.74 bits per heavy atom. The van der Waals surface area contributed by atoms with Gasteiger partial charge >= 0.3 is 0 Å². The molecule has 0 bridgehead atoms. The average molecular weight is 361 g/mol. The lowest BCUT2D eigenvalue weighted by Gasteiger charge is -2.05. The highest BCUT2D eigenvalue weighted by Gasteiger charge is 2.10. The number of carbonyl (C=O) groups excluding carboxylic acids is 1. The van der Waals surface area contributed by atoms with E-state index in [2.05, 4.69) is 15.3 Å². The van der Waals surface area contributed by atoms with Crippen LogP contribution >= 0.6 is 0 Å². The Hall–Kier alpha value is -3.67. The lowest BCUT2D eigenvalue weighted by Crippen LogP contribution is -2.23. The van der Waals surface area contributed by atoms with Gasteiger partial charge in [-0.1, -0.05) is 12.1 Å². The van der Waals surface area contributed by atoms with Crippen molar-refractivity contribution < 1.29 is 13.6 Å². The summed E-state index contributed by atoms with van der Waals surface area (Å²) in [4.78, 5) is 19.6. The van der Waals surface area contributed by atoms with Crippen LogP contribution in [0.4, 0.5) is 4.39 Å². The number of H-pyrrole nitrogens is 1. The Labute approximate surface area is 154 Å². The third-order valence-electron chi connectivity index (χ3n) is 4.16. The molecule has 3 heterocycles. The maximum absolute atomic E-state index is 13.0. The van der Waals surface area contributed by atoms with Crippen molar-refractivity contribution >= 4 is 5.91 Å². The molecule has 27 heavy (non-hydrogen) atoms. The Bertz CT molecular complexity index is 1050. The fraction of sp³-hybridized carbons (Fsp3) is 0.0476. The monoisotopic (exact) mass is 361 g/mol. The van der Waals surface area contributed by atoms with Gasteiger partial charge in [0.25, 0.3) is 5.91 Å². The molecular weight excluding hydrogens is 345 g/mol. The second kappa shape index (κ2) is 7.29. The molecule has 6 heteroatoms. The highest BCUT2D eigenvalue weighted by molar-refractivity contribution is 5.93. The largest absolute Gasteiger partial charge is 0.463 e. The number of halogens is 1. The molecule has 0 aliphatic heterocycles. The number of pyridine rings is 1. The van der Waals surface area contributed by atoms with E-state index in [0.717, 1.165) is 16.7 Å². The van der Waals surface area contributed by atoms with Crippen LogP contribution in [0, 0.1) is 5.82 Å². The van der Waals surface area contributed by atoms with E-state index in [1.54, 1.807) is 42.9 Å². The van der Waals surface area contributed by atoms with Crippen LogP contribution in [-0.4, -0.2) is 15.9 Å². The Kier molecular flexibility index (Phi) is 4.53. The van der Waals surface area contributed by atoms with Crippen LogP contribution in [0.2, 0.25) is 0 Å². The van der Waals surface area contributed by atoms with Gasteiger partial charge in [0.2, 0.25) is 0 Å². The number of amides is 1. The van der Waals surface area contributed by atoms with Crippen molar-refractivity contribution in [3.8, 4) is 22.6 Å². The highest BCUT2D eigenvalue weighted by atomic mass is 19.1. The summed E-state index contributed by atoms with van der Waals surface area (Å²) >= 11 is 0. The van der Waals surface area contributed by atoms with Crippen LogP contribution in [0.3, 0.4) is 0 Å². The molecule has 2 N–H and O–H groups in total. The van der Waals surface area contributed by atoms with Crippen molar-refractivity contribution in [2.45, 2.75) is 6.54 Å². The molecule has 0 fully saturated rings. The van der Waals surface area contributed by atoms with Crippen molar-refractivity contribution in [2.75, 3.05) is 0 Å². The number of carbonyl (C=O) groups is 1. The SMILES string of the molecule is O=C(NCc1ccnc(-c2ccco2)c1)c1cc(-c2ccc(F)cc2)c[nH]1. The number of nitrogens with zero attached hydrogens (tertiary/aromatic N) is 1. The minimum absolute atomic E-state index is 0.222. The summed E-state index contributed by atoms with van der Waals surface area (Å²) in [6.07, 6.45) is 5.00. The lowest BCUT2D eigenvalue weighted by molar-refractivity contribution is 0.0946. The number of hydrogen-bond acceptors (Lipinski definition) is 3. The van der Waals surface area contributed by atoms with Gasteiger partial charge in [0.1, 0.15) is 17.2 Å². The summed E-state index contributed by atoms with van der Waals surface area (Å²) in [5, 5.41) is 2.87. The zero-order valence-corrected chi connectivity index (χ0v) is 14.3. The number of nitrogens with one attached hydrogen (secondary N) is 2. The molecule has 1 amide bonds. The number of aromatic nitrogens is 2. The molecule has 0 spiro atoms. The summed E-state index contributed by atoms with van der Waals surface area (Å²) < 4.78 is 18.4. The van der Waals surface area contributed by atoms with Crippen molar-refractivity contribution in [2.24, 2.45) is 0 Å². The summed E-state index contributed by atoms with van der Waals surface area (Å²) in [5.74, 6) is 0.162. The Morgan fingerprint density at radius 2 is 1.96 bits per heavy atom. The first-order chi connectivity index (χ1) is 13.2. The van der Waals surface area contributed by atoms with E-state index in [1.807, 2.05) is 18.2 Å². The fourth-order valence-electron chi connectivity index (χ4n) is 2.76. The summed E-state index contributed by atoms with van der Waals surface area (Å²) in [6.45, 7) is 0.361. The standard InChI is InChI=1S/C21H16FN3O2/c22-17-5-3-15(4-6-17)16-11-19(24-13-16)21(26)25-12-14-7-8-23-18(10-14)20-2-1-9-27-20/h1-11,13,24H,12H2,(H,25,26). The predicted octanol–water partition coefficient (Wildman–Crippen LogP) is 4.41. The molecule has 4 rings (SSSR count). The van der Waals surface area contributed by atoms with Gasteiger partial charge in [-0.25, -0.2) is 4.39 Å². The number of aromatic amines is 1. The molecule has 134 valence electrons. The zero-order chi connectivity index (χ0) is 18.6. The third kappa shape index (κ3) is 3.79.